The lowest BCUT2D eigenvalue weighted by Crippen LogP contribution is -2.15. The molecular formula is C20H17ClN2O4. The Morgan fingerprint density at radius 1 is 1.15 bits per heavy atom. The lowest BCUT2D eigenvalue weighted by atomic mass is 10.1. The predicted octanol–water partition coefficient (Wildman–Crippen LogP) is 4.35. The smallest absolute Gasteiger partial charge is 0.339 e. The average molecular weight is 385 g/mol. The number of nitrogens with zero attached hydrogens (tertiary/aromatic N) is 1. The second kappa shape index (κ2) is 8.51. The van der Waals surface area contributed by atoms with E-state index in [2.05, 4.69) is 10.3 Å². The highest BCUT2D eigenvalue weighted by Crippen LogP contribution is 2.28. The first-order valence-corrected chi connectivity index (χ1v) is 8.63. The number of rotatable bonds is 6. The zero-order valence-corrected chi connectivity index (χ0v) is 15.3. The molecule has 27 heavy (non-hydrogen) atoms. The molecule has 0 aliphatic heterocycles. The quantitative estimate of drug-likeness (QED) is 0.639. The number of aromatic nitrogens is 1. The molecule has 0 fully saturated rings. The van der Waals surface area contributed by atoms with Gasteiger partial charge in [-0.15, -0.1) is 0 Å². The normalized spacial score (nSPS) is 10.4. The second-order valence-corrected chi connectivity index (χ2v) is 6.09. The minimum absolute atomic E-state index is 0.151. The van der Waals surface area contributed by atoms with Gasteiger partial charge in [-0.1, -0.05) is 35.9 Å². The fraction of sp³-hybridized carbons (Fsp3) is 0.150. The van der Waals surface area contributed by atoms with Crippen molar-refractivity contribution in [1.82, 2.24) is 4.98 Å². The molecule has 1 aromatic heterocycles. The van der Waals surface area contributed by atoms with Crippen LogP contribution in [0.2, 0.25) is 5.02 Å². The van der Waals surface area contributed by atoms with E-state index < -0.39 is 5.97 Å². The third kappa shape index (κ3) is 4.54. The van der Waals surface area contributed by atoms with Crippen LogP contribution < -0.4 is 5.32 Å². The number of methoxy groups -OCH3 is 1. The van der Waals surface area contributed by atoms with Crippen LogP contribution in [0.25, 0.3) is 11.3 Å². The number of hydrogen-bond donors (Lipinski definition) is 1. The number of nitrogens with one attached hydrogen (secondary N) is 1. The molecule has 6 nitrogen and oxygen atoms in total. The Hall–Kier alpha value is -3.12. The lowest BCUT2D eigenvalue weighted by Gasteiger charge is -2.09. The minimum atomic E-state index is -0.511. The van der Waals surface area contributed by atoms with Gasteiger partial charge in [0.2, 0.25) is 5.91 Å². The van der Waals surface area contributed by atoms with Gasteiger partial charge in [-0.05, 0) is 24.3 Å². The lowest BCUT2D eigenvalue weighted by molar-refractivity contribution is -0.116. The second-order valence-electron chi connectivity index (χ2n) is 5.68. The minimum Gasteiger partial charge on any atom is -0.465 e. The number of anilines is 1. The number of carbonyl (C=O) groups is 2. The number of benzene rings is 2. The van der Waals surface area contributed by atoms with Gasteiger partial charge in [-0.2, -0.15) is 0 Å². The third-order valence-electron chi connectivity index (χ3n) is 3.87. The summed E-state index contributed by atoms with van der Waals surface area (Å²) in [7, 11) is 1.29. The fourth-order valence-corrected chi connectivity index (χ4v) is 2.75. The molecule has 0 atom stereocenters. The van der Waals surface area contributed by atoms with Crippen molar-refractivity contribution in [1.29, 1.82) is 0 Å². The van der Waals surface area contributed by atoms with Gasteiger partial charge in [0.15, 0.2) is 11.7 Å². The molecule has 0 radical (unpaired) electrons. The molecule has 0 saturated heterocycles. The highest BCUT2D eigenvalue weighted by molar-refractivity contribution is 6.33. The molecule has 3 rings (SSSR count). The van der Waals surface area contributed by atoms with Gasteiger partial charge in [0.05, 0.1) is 29.6 Å². The Morgan fingerprint density at radius 2 is 1.89 bits per heavy atom. The van der Waals surface area contributed by atoms with Crippen molar-refractivity contribution < 1.29 is 18.7 Å². The van der Waals surface area contributed by atoms with Crippen LogP contribution in [-0.4, -0.2) is 24.0 Å². The molecular weight excluding hydrogens is 368 g/mol. The molecule has 1 N–H and O–H groups in total. The Bertz CT molecular complexity index is 968. The number of ether oxygens (including phenoxy) is 1. The largest absolute Gasteiger partial charge is 0.465 e. The molecule has 2 aromatic carbocycles. The van der Waals surface area contributed by atoms with Crippen molar-refractivity contribution in [2.75, 3.05) is 12.4 Å². The summed E-state index contributed by atoms with van der Waals surface area (Å²) >= 11 is 6.15. The summed E-state index contributed by atoms with van der Waals surface area (Å²) in [5, 5.41) is 3.28. The summed E-state index contributed by atoms with van der Waals surface area (Å²) in [6.45, 7) is 0. The Kier molecular flexibility index (Phi) is 5.88. The van der Waals surface area contributed by atoms with Gasteiger partial charge in [0, 0.05) is 18.4 Å². The number of esters is 1. The van der Waals surface area contributed by atoms with Crippen LogP contribution in [0.5, 0.6) is 0 Å². The molecule has 7 heteroatoms. The van der Waals surface area contributed by atoms with Crippen molar-refractivity contribution in [3.63, 3.8) is 0 Å². The van der Waals surface area contributed by atoms with Gasteiger partial charge in [0.1, 0.15) is 0 Å². The van der Waals surface area contributed by atoms with E-state index in [-0.39, 0.29) is 12.3 Å². The number of amides is 1. The van der Waals surface area contributed by atoms with Crippen LogP contribution in [0.3, 0.4) is 0 Å². The number of aryl methyl sites for hydroxylation is 1. The number of oxazole rings is 1. The van der Waals surface area contributed by atoms with Gasteiger partial charge in [-0.25, -0.2) is 9.78 Å². The van der Waals surface area contributed by atoms with Gasteiger partial charge in [0.25, 0.3) is 0 Å². The van der Waals surface area contributed by atoms with E-state index in [1.54, 1.807) is 36.5 Å². The standard InChI is InChI=1S/C20H17ClN2O4/c1-26-20(25)14-7-3-5-9-16(14)23-18(24)10-11-19-22-12-17(27-19)13-6-2-4-8-15(13)21/h2-9,12H,10-11H2,1H3,(H,23,24). The molecule has 3 aromatic rings. The van der Waals surface area contributed by atoms with Crippen molar-refractivity contribution in [2.24, 2.45) is 0 Å². The molecule has 1 heterocycles. The van der Waals surface area contributed by atoms with Crippen molar-refractivity contribution >= 4 is 29.2 Å². The third-order valence-corrected chi connectivity index (χ3v) is 4.19. The van der Waals surface area contributed by atoms with E-state index in [4.69, 9.17) is 20.8 Å². The zero-order valence-electron chi connectivity index (χ0n) is 14.6. The highest BCUT2D eigenvalue weighted by Gasteiger charge is 2.14. The van der Waals surface area contributed by atoms with Crippen LogP contribution in [0.4, 0.5) is 5.69 Å². The monoisotopic (exact) mass is 384 g/mol. The number of hydrogen-bond acceptors (Lipinski definition) is 5. The summed E-state index contributed by atoms with van der Waals surface area (Å²) in [5.41, 5.74) is 1.44. The fourth-order valence-electron chi connectivity index (χ4n) is 2.52. The Labute approximate surface area is 161 Å². The summed E-state index contributed by atoms with van der Waals surface area (Å²) < 4.78 is 10.4. The van der Waals surface area contributed by atoms with Gasteiger partial charge < -0.3 is 14.5 Å². The molecule has 0 aliphatic rings. The summed E-state index contributed by atoms with van der Waals surface area (Å²) in [5.74, 6) is 0.209. The van der Waals surface area contributed by atoms with Crippen LogP contribution in [0.15, 0.2) is 59.1 Å². The first kappa shape index (κ1) is 18.7. The average Bonchev–Trinajstić information content (AvgIpc) is 3.15. The molecule has 1 amide bonds. The molecule has 0 spiro atoms. The van der Waals surface area contributed by atoms with Crippen LogP contribution >= 0.6 is 11.6 Å². The maximum absolute atomic E-state index is 12.2. The van der Waals surface area contributed by atoms with E-state index in [0.29, 0.717) is 34.3 Å². The van der Waals surface area contributed by atoms with Crippen molar-refractivity contribution in [2.45, 2.75) is 12.8 Å². The topological polar surface area (TPSA) is 81.4 Å². The number of halogens is 1. The van der Waals surface area contributed by atoms with E-state index in [0.717, 1.165) is 5.56 Å². The molecule has 138 valence electrons. The molecule has 0 bridgehead atoms. The highest BCUT2D eigenvalue weighted by atomic mass is 35.5. The number of para-hydroxylation sites is 1. The maximum atomic E-state index is 12.2. The van der Waals surface area contributed by atoms with Crippen LogP contribution in [0.1, 0.15) is 22.7 Å². The van der Waals surface area contributed by atoms with E-state index in [1.807, 2.05) is 18.2 Å². The Balaban J connectivity index is 1.62. The van der Waals surface area contributed by atoms with Gasteiger partial charge >= 0.3 is 5.97 Å². The van der Waals surface area contributed by atoms with E-state index >= 15 is 0 Å². The van der Waals surface area contributed by atoms with Crippen LogP contribution in [-0.2, 0) is 16.0 Å². The molecule has 0 saturated carbocycles. The number of carbonyl (C=O) groups excluding carboxylic acids is 2. The van der Waals surface area contributed by atoms with Crippen molar-refractivity contribution in [3.05, 3.63) is 71.2 Å². The maximum Gasteiger partial charge on any atom is 0.339 e. The van der Waals surface area contributed by atoms with Gasteiger partial charge in [-0.3, -0.25) is 4.79 Å². The molecule has 0 unspecified atom stereocenters. The molecule has 0 aliphatic carbocycles. The van der Waals surface area contributed by atoms with Crippen molar-refractivity contribution in [3.8, 4) is 11.3 Å². The zero-order chi connectivity index (χ0) is 19.2. The Morgan fingerprint density at radius 3 is 2.67 bits per heavy atom. The predicted molar refractivity (Wildman–Crippen MR) is 102 cm³/mol. The first-order chi connectivity index (χ1) is 13.1. The van der Waals surface area contributed by atoms with E-state index in [9.17, 15) is 9.59 Å². The summed E-state index contributed by atoms with van der Waals surface area (Å²) in [6.07, 6.45) is 2.05. The van der Waals surface area contributed by atoms with E-state index in [1.165, 1.54) is 7.11 Å². The summed E-state index contributed by atoms with van der Waals surface area (Å²) in [6, 6.07) is 14.0. The SMILES string of the molecule is COC(=O)c1ccccc1NC(=O)CCc1ncc(-c2ccccc2Cl)o1. The summed E-state index contributed by atoms with van der Waals surface area (Å²) in [4.78, 5) is 28.2. The van der Waals surface area contributed by atoms with Crippen LogP contribution in [0, 0.1) is 0 Å². The first-order valence-electron chi connectivity index (χ1n) is 8.25.